The fourth-order valence-corrected chi connectivity index (χ4v) is 4.67. The van der Waals surface area contributed by atoms with Crippen molar-refractivity contribution >= 4 is 23.4 Å². The van der Waals surface area contributed by atoms with Crippen molar-refractivity contribution < 1.29 is 27.6 Å². The molecule has 3 N–H and O–H groups in total. The molecule has 4 rings (SSSR count). The number of nitrogens with zero attached hydrogens (tertiary/aromatic N) is 1. The summed E-state index contributed by atoms with van der Waals surface area (Å²) >= 11 is 0. The normalized spacial score (nSPS) is 12.0. The Bertz CT molecular complexity index is 1620. The lowest BCUT2D eigenvalue weighted by molar-refractivity contribution is -0.137. The maximum atomic E-state index is 13.3. The molecule has 0 saturated heterocycles. The molecule has 0 aliphatic rings. The topological polar surface area (TPSA) is 90.5 Å². The number of hydrogen-bond acceptors (Lipinski definition) is 4. The lowest BCUT2D eigenvalue weighted by Crippen LogP contribution is -2.43. The van der Waals surface area contributed by atoms with Crippen LogP contribution in [0.4, 0.5) is 18.9 Å². The SMILES string of the molecule is Cc1cc(CNC(=O)[C@@H](NC(=O)CN(C)C)c2ccccc2)ccc1NC(=O)c1ccccc1-c1ccc(C(F)(F)F)cc1. The van der Waals surface area contributed by atoms with Gasteiger partial charge in [0.15, 0.2) is 0 Å². The average Bonchev–Trinajstić information content (AvgIpc) is 2.99. The van der Waals surface area contributed by atoms with Crippen LogP contribution >= 0.6 is 0 Å². The Hall–Kier alpha value is -4.96. The number of benzene rings is 4. The van der Waals surface area contributed by atoms with Gasteiger partial charge in [-0.2, -0.15) is 13.2 Å². The Morgan fingerprint density at radius 2 is 1.50 bits per heavy atom. The standard InChI is InChI=1S/C34H33F3N4O3/c1-22-19-23(20-38-33(44)31(25-9-5-4-6-10-25)40-30(42)21-41(2)3)13-18-29(22)39-32(43)28-12-8-7-11-27(28)24-14-16-26(17-15-24)34(35,36)37/h4-19,31H,20-21H2,1-3H3,(H,38,44)(H,39,43)(H,40,42)/t31-/m0/s1. The molecule has 0 saturated carbocycles. The van der Waals surface area contributed by atoms with Crippen molar-refractivity contribution in [2.75, 3.05) is 26.0 Å². The highest BCUT2D eigenvalue weighted by Crippen LogP contribution is 2.32. The van der Waals surface area contributed by atoms with Crippen molar-refractivity contribution in [3.05, 3.63) is 125 Å². The van der Waals surface area contributed by atoms with Gasteiger partial charge in [0.25, 0.3) is 5.91 Å². The summed E-state index contributed by atoms with van der Waals surface area (Å²) in [5.74, 6) is -1.06. The minimum Gasteiger partial charge on any atom is -0.350 e. The van der Waals surface area contributed by atoms with Gasteiger partial charge in [0.1, 0.15) is 6.04 Å². The summed E-state index contributed by atoms with van der Waals surface area (Å²) in [4.78, 5) is 40.6. The number of carbonyl (C=O) groups excluding carboxylic acids is 3. The zero-order valence-electron chi connectivity index (χ0n) is 24.5. The molecule has 0 aliphatic heterocycles. The molecule has 1 atom stereocenters. The molecule has 228 valence electrons. The van der Waals surface area contributed by atoms with Gasteiger partial charge in [-0.05, 0) is 73.1 Å². The third-order valence-electron chi connectivity index (χ3n) is 6.86. The second-order valence-corrected chi connectivity index (χ2v) is 10.6. The Morgan fingerprint density at radius 1 is 0.841 bits per heavy atom. The fourth-order valence-electron chi connectivity index (χ4n) is 4.67. The zero-order chi connectivity index (χ0) is 31.9. The van der Waals surface area contributed by atoms with Crippen LogP contribution in [0.25, 0.3) is 11.1 Å². The number of rotatable bonds is 10. The van der Waals surface area contributed by atoms with E-state index in [0.717, 1.165) is 23.3 Å². The van der Waals surface area contributed by atoms with Crippen molar-refractivity contribution in [2.45, 2.75) is 25.7 Å². The Labute approximate surface area is 254 Å². The first kappa shape index (κ1) is 32.0. The molecule has 0 aliphatic carbocycles. The zero-order valence-corrected chi connectivity index (χ0v) is 24.5. The highest BCUT2D eigenvalue weighted by atomic mass is 19.4. The van der Waals surface area contributed by atoms with Crippen molar-refractivity contribution in [2.24, 2.45) is 0 Å². The molecule has 10 heteroatoms. The molecule has 0 radical (unpaired) electrons. The van der Waals surface area contributed by atoms with Crippen LogP contribution in [0.15, 0.2) is 97.1 Å². The van der Waals surface area contributed by atoms with Crippen LogP contribution in [-0.4, -0.2) is 43.3 Å². The summed E-state index contributed by atoms with van der Waals surface area (Å²) in [6.07, 6.45) is -4.45. The molecule has 44 heavy (non-hydrogen) atoms. The maximum Gasteiger partial charge on any atom is 0.416 e. The summed E-state index contributed by atoms with van der Waals surface area (Å²) < 4.78 is 39.0. The highest BCUT2D eigenvalue weighted by Gasteiger charge is 2.30. The lowest BCUT2D eigenvalue weighted by Gasteiger charge is -2.20. The molecular formula is C34H33F3N4O3. The Kier molecular flexibility index (Phi) is 10.2. The number of carbonyl (C=O) groups is 3. The molecule has 4 aromatic carbocycles. The van der Waals surface area contributed by atoms with Crippen LogP contribution in [-0.2, 0) is 22.3 Å². The summed E-state index contributed by atoms with van der Waals surface area (Å²) in [6.45, 7) is 2.15. The Morgan fingerprint density at radius 3 is 2.14 bits per heavy atom. The summed E-state index contributed by atoms with van der Waals surface area (Å²) in [5.41, 5.74) is 3.26. The number of halogens is 3. The first-order valence-electron chi connectivity index (χ1n) is 13.9. The largest absolute Gasteiger partial charge is 0.416 e. The van der Waals surface area contributed by atoms with Gasteiger partial charge in [-0.3, -0.25) is 14.4 Å². The van der Waals surface area contributed by atoms with Gasteiger partial charge in [-0.25, -0.2) is 0 Å². The van der Waals surface area contributed by atoms with Crippen molar-refractivity contribution in [3.8, 4) is 11.1 Å². The van der Waals surface area contributed by atoms with E-state index >= 15 is 0 Å². The van der Waals surface area contributed by atoms with Gasteiger partial charge in [-0.15, -0.1) is 0 Å². The molecule has 0 spiro atoms. The van der Waals surface area contributed by atoms with Crippen LogP contribution in [0, 0.1) is 6.92 Å². The van der Waals surface area contributed by atoms with E-state index in [2.05, 4.69) is 16.0 Å². The van der Waals surface area contributed by atoms with E-state index in [1.165, 1.54) is 12.1 Å². The first-order chi connectivity index (χ1) is 20.9. The number of aryl methyl sites for hydroxylation is 1. The van der Waals surface area contributed by atoms with Gasteiger partial charge in [-0.1, -0.05) is 72.8 Å². The number of nitrogens with one attached hydrogen (secondary N) is 3. The van der Waals surface area contributed by atoms with E-state index in [9.17, 15) is 27.6 Å². The predicted octanol–water partition coefficient (Wildman–Crippen LogP) is 5.97. The maximum absolute atomic E-state index is 13.3. The van der Waals surface area contributed by atoms with E-state index in [0.29, 0.717) is 27.9 Å². The van der Waals surface area contributed by atoms with E-state index in [-0.39, 0.29) is 24.9 Å². The third-order valence-corrected chi connectivity index (χ3v) is 6.86. The molecule has 0 bridgehead atoms. The minimum absolute atomic E-state index is 0.137. The molecule has 0 unspecified atom stereocenters. The monoisotopic (exact) mass is 602 g/mol. The number of likely N-dealkylation sites (N-methyl/N-ethyl adjacent to an activating group) is 1. The highest BCUT2D eigenvalue weighted by molar-refractivity contribution is 6.09. The second-order valence-electron chi connectivity index (χ2n) is 10.6. The van der Waals surface area contributed by atoms with Crippen LogP contribution < -0.4 is 16.0 Å². The molecular weight excluding hydrogens is 569 g/mol. The summed E-state index contributed by atoms with van der Waals surface area (Å²) in [5, 5.41) is 8.56. The van der Waals surface area contributed by atoms with Crippen molar-refractivity contribution in [1.29, 1.82) is 0 Å². The van der Waals surface area contributed by atoms with Crippen LogP contribution in [0.3, 0.4) is 0 Å². The third kappa shape index (κ3) is 8.32. The number of alkyl halides is 3. The van der Waals surface area contributed by atoms with E-state index in [4.69, 9.17) is 0 Å². The molecule has 0 aromatic heterocycles. The van der Waals surface area contributed by atoms with Crippen LogP contribution in [0.2, 0.25) is 0 Å². The molecule has 3 amide bonds. The number of hydrogen-bond donors (Lipinski definition) is 3. The van der Waals surface area contributed by atoms with E-state index < -0.39 is 23.7 Å². The van der Waals surface area contributed by atoms with Gasteiger partial charge in [0.2, 0.25) is 11.8 Å². The predicted molar refractivity (Wildman–Crippen MR) is 164 cm³/mol. The van der Waals surface area contributed by atoms with Crippen LogP contribution in [0.5, 0.6) is 0 Å². The number of amides is 3. The fraction of sp³-hybridized carbons (Fsp3) is 0.206. The van der Waals surface area contributed by atoms with Gasteiger partial charge in [0.05, 0.1) is 12.1 Å². The van der Waals surface area contributed by atoms with Gasteiger partial charge < -0.3 is 20.9 Å². The van der Waals surface area contributed by atoms with Crippen LogP contribution in [0.1, 0.15) is 38.7 Å². The van der Waals surface area contributed by atoms with Crippen molar-refractivity contribution in [1.82, 2.24) is 15.5 Å². The molecule has 7 nitrogen and oxygen atoms in total. The number of anilines is 1. The van der Waals surface area contributed by atoms with Gasteiger partial charge >= 0.3 is 6.18 Å². The molecule has 0 fully saturated rings. The lowest BCUT2D eigenvalue weighted by atomic mass is 9.98. The smallest absolute Gasteiger partial charge is 0.350 e. The molecule has 0 heterocycles. The Balaban J connectivity index is 1.44. The second kappa shape index (κ2) is 14.0. The summed E-state index contributed by atoms with van der Waals surface area (Å²) in [7, 11) is 3.54. The van der Waals surface area contributed by atoms with Gasteiger partial charge in [0, 0.05) is 17.8 Å². The average molecular weight is 603 g/mol. The first-order valence-corrected chi connectivity index (χ1v) is 13.9. The van der Waals surface area contributed by atoms with Crippen molar-refractivity contribution in [3.63, 3.8) is 0 Å². The minimum atomic E-state index is -4.45. The van der Waals surface area contributed by atoms with E-state index in [1.807, 2.05) is 19.1 Å². The summed E-state index contributed by atoms with van der Waals surface area (Å²) in [6, 6.07) is 24.8. The quantitative estimate of drug-likeness (QED) is 0.209. The van der Waals surface area contributed by atoms with E-state index in [1.54, 1.807) is 79.7 Å². The molecule has 4 aromatic rings.